The van der Waals surface area contributed by atoms with Crippen molar-refractivity contribution < 1.29 is 0 Å². The Hall–Kier alpha value is -1.38. The van der Waals surface area contributed by atoms with Crippen molar-refractivity contribution in [3.63, 3.8) is 0 Å². The van der Waals surface area contributed by atoms with E-state index in [0.29, 0.717) is 0 Å². The average molecular weight is 302 g/mol. The van der Waals surface area contributed by atoms with Crippen LogP contribution >= 0.6 is 23.4 Å². The number of rotatable bonds is 2. The van der Waals surface area contributed by atoms with E-state index in [1.807, 2.05) is 23.9 Å². The predicted octanol–water partition coefficient (Wildman–Crippen LogP) is 5.60. The summed E-state index contributed by atoms with van der Waals surface area (Å²) in [5.41, 5.74) is 3.75. The van der Waals surface area contributed by atoms with E-state index in [1.54, 1.807) is 0 Å². The molecule has 0 aliphatic carbocycles. The van der Waals surface area contributed by atoms with Crippen LogP contribution in [0, 0.1) is 13.8 Å². The summed E-state index contributed by atoms with van der Waals surface area (Å²) < 4.78 is 2.21. The Labute approximate surface area is 128 Å². The van der Waals surface area contributed by atoms with Crippen molar-refractivity contribution >= 4 is 34.3 Å². The second-order valence-corrected chi connectivity index (χ2v) is 6.57. The highest BCUT2D eigenvalue weighted by Gasteiger charge is 2.13. The highest BCUT2D eigenvalue weighted by Crippen LogP contribution is 2.38. The van der Waals surface area contributed by atoms with Crippen molar-refractivity contribution in [2.75, 3.05) is 0 Å². The summed E-state index contributed by atoms with van der Waals surface area (Å²) in [6.07, 6.45) is 0. The SMILES string of the molecule is Cc1cccc(Sc2c(C)n(C)c3cc(Cl)ccc23)c1. The van der Waals surface area contributed by atoms with Crippen LogP contribution in [-0.2, 0) is 7.05 Å². The van der Waals surface area contributed by atoms with Gasteiger partial charge in [0.1, 0.15) is 0 Å². The van der Waals surface area contributed by atoms with Gasteiger partial charge in [0, 0.05) is 32.9 Å². The van der Waals surface area contributed by atoms with Gasteiger partial charge in [-0.2, -0.15) is 0 Å². The first kappa shape index (κ1) is 13.6. The molecule has 3 rings (SSSR count). The first-order valence-corrected chi connectivity index (χ1v) is 7.75. The maximum atomic E-state index is 6.11. The molecule has 0 unspecified atom stereocenters. The molecule has 0 aliphatic rings. The maximum Gasteiger partial charge on any atom is 0.0506 e. The van der Waals surface area contributed by atoms with Crippen molar-refractivity contribution in [3.05, 3.63) is 58.7 Å². The van der Waals surface area contributed by atoms with Crippen LogP contribution in [0.2, 0.25) is 5.02 Å². The lowest BCUT2D eigenvalue weighted by Crippen LogP contribution is -1.89. The topological polar surface area (TPSA) is 4.93 Å². The lowest BCUT2D eigenvalue weighted by atomic mass is 10.2. The minimum Gasteiger partial charge on any atom is -0.347 e. The lowest BCUT2D eigenvalue weighted by Gasteiger charge is -2.03. The number of hydrogen-bond acceptors (Lipinski definition) is 1. The molecule has 1 heterocycles. The fourth-order valence-corrected chi connectivity index (χ4v) is 3.79. The molecule has 1 aromatic heterocycles. The Morgan fingerprint density at radius 2 is 1.85 bits per heavy atom. The molecule has 0 saturated carbocycles. The summed E-state index contributed by atoms with van der Waals surface area (Å²) >= 11 is 7.93. The fourth-order valence-electron chi connectivity index (χ4n) is 2.43. The number of benzene rings is 2. The van der Waals surface area contributed by atoms with Gasteiger partial charge in [-0.3, -0.25) is 0 Å². The average Bonchev–Trinajstić information content (AvgIpc) is 2.64. The van der Waals surface area contributed by atoms with Crippen molar-refractivity contribution in [2.45, 2.75) is 23.6 Å². The van der Waals surface area contributed by atoms with Crippen LogP contribution in [0.15, 0.2) is 52.3 Å². The Morgan fingerprint density at radius 3 is 2.60 bits per heavy atom. The Kier molecular flexibility index (Phi) is 3.53. The molecular weight excluding hydrogens is 286 g/mol. The molecule has 0 saturated heterocycles. The number of nitrogens with zero attached hydrogens (tertiary/aromatic N) is 1. The summed E-state index contributed by atoms with van der Waals surface area (Å²) in [6, 6.07) is 14.7. The van der Waals surface area contributed by atoms with E-state index in [-0.39, 0.29) is 0 Å². The Balaban J connectivity index is 2.14. The van der Waals surface area contributed by atoms with Crippen LogP contribution in [0.3, 0.4) is 0 Å². The molecule has 0 radical (unpaired) electrons. The third kappa shape index (κ3) is 2.34. The van der Waals surface area contributed by atoms with Crippen LogP contribution < -0.4 is 0 Å². The zero-order valence-electron chi connectivity index (χ0n) is 11.8. The molecule has 3 aromatic rings. The van der Waals surface area contributed by atoms with Gasteiger partial charge in [0.05, 0.1) is 5.52 Å². The van der Waals surface area contributed by atoms with E-state index in [2.05, 4.69) is 55.8 Å². The number of aromatic nitrogens is 1. The number of fused-ring (bicyclic) bond motifs is 1. The van der Waals surface area contributed by atoms with Gasteiger partial charge < -0.3 is 4.57 Å². The molecule has 2 aromatic carbocycles. The molecule has 0 bridgehead atoms. The van der Waals surface area contributed by atoms with E-state index >= 15 is 0 Å². The zero-order chi connectivity index (χ0) is 14.3. The van der Waals surface area contributed by atoms with Crippen LogP contribution in [0.5, 0.6) is 0 Å². The minimum absolute atomic E-state index is 0.783. The van der Waals surface area contributed by atoms with Crippen LogP contribution in [-0.4, -0.2) is 4.57 Å². The molecule has 102 valence electrons. The van der Waals surface area contributed by atoms with E-state index < -0.39 is 0 Å². The molecule has 0 fully saturated rings. The van der Waals surface area contributed by atoms with E-state index in [4.69, 9.17) is 11.6 Å². The first-order chi connectivity index (χ1) is 9.56. The van der Waals surface area contributed by atoms with Gasteiger partial charge in [-0.15, -0.1) is 0 Å². The molecular formula is C17H16ClNS. The van der Waals surface area contributed by atoms with Crippen molar-refractivity contribution in [2.24, 2.45) is 7.05 Å². The van der Waals surface area contributed by atoms with Gasteiger partial charge in [0.2, 0.25) is 0 Å². The van der Waals surface area contributed by atoms with Crippen LogP contribution in [0.1, 0.15) is 11.3 Å². The molecule has 0 amide bonds. The minimum atomic E-state index is 0.783. The molecule has 0 spiro atoms. The molecule has 0 N–H and O–H groups in total. The quantitative estimate of drug-likeness (QED) is 0.596. The number of hydrogen-bond donors (Lipinski definition) is 0. The molecule has 0 aliphatic heterocycles. The van der Waals surface area contributed by atoms with E-state index in [1.165, 1.54) is 32.0 Å². The smallest absolute Gasteiger partial charge is 0.0506 e. The zero-order valence-corrected chi connectivity index (χ0v) is 13.3. The fraction of sp³-hybridized carbons (Fsp3) is 0.176. The monoisotopic (exact) mass is 301 g/mol. The largest absolute Gasteiger partial charge is 0.347 e. The van der Waals surface area contributed by atoms with E-state index in [9.17, 15) is 0 Å². The van der Waals surface area contributed by atoms with Gasteiger partial charge in [-0.25, -0.2) is 0 Å². The molecule has 1 nitrogen and oxygen atoms in total. The maximum absolute atomic E-state index is 6.11. The third-order valence-electron chi connectivity index (χ3n) is 3.61. The summed E-state index contributed by atoms with van der Waals surface area (Å²) in [4.78, 5) is 2.58. The second-order valence-electron chi connectivity index (χ2n) is 5.05. The second kappa shape index (κ2) is 5.19. The highest BCUT2D eigenvalue weighted by atomic mass is 35.5. The summed E-state index contributed by atoms with van der Waals surface area (Å²) in [7, 11) is 2.09. The Bertz CT molecular complexity index is 789. The van der Waals surface area contributed by atoms with Crippen molar-refractivity contribution in [1.29, 1.82) is 0 Å². The van der Waals surface area contributed by atoms with Gasteiger partial charge >= 0.3 is 0 Å². The normalized spacial score (nSPS) is 11.2. The molecule has 3 heteroatoms. The number of halogens is 1. The first-order valence-electron chi connectivity index (χ1n) is 6.55. The van der Waals surface area contributed by atoms with E-state index in [0.717, 1.165) is 5.02 Å². The van der Waals surface area contributed by atoms with Crippen molar-refractivity contribution in [3.8, 4) is 0 Å². The standard InChI is InChI=1S/C17H16ClNS/c1-11-5-4-6-14(9-11)20-17-12(2)19(3)16-10-13(18)7-8-15(16)17/h4-10H,1-3H3. The van der Waals surface area contributed by atoms with Gasteiger partial charge in [-0.05, 0) is 38.1 Å². The van der Waals surface area contributed by atoms with Gasteiger partial charge in [0.15, 0.2) is 0 Å². The lowest BCUT2D eigenvalue weighted by molar-refractivity contribution is 0.900. The van der Waals surface area contributed by atoms with Gasteiger partial charge in [0.25, 0.3) is 0 Å². The summed E-state index contributed by atoms with van der Waals surface area (Å²) in [5.74, 6) is 0. The highest BCUT2D eigenvalue weighted by molar-refractivity contribution is 7.99. The summed E-state index contributed by atoms with van der Waals surface area (Å²) in [6.45, 7) is 4.28. The predicted molar refractivity (Wildman–Crippen MR) is 88.0 cm³/mol. The van der Waals surface area contributed by atoms with Crippen molar-refractivity contribution in [1.82, 2.24) is 4.57 Å². The van der Waals surface area contributed by atoms with Gasteiger partial charge in [-0.1, -0.05) is 47.1 Å². The molecule has 20 heavy (non-hydrogen) atoms. The number of aryl methyl sites for hydroxylation is 2. The third-order valence-corrected chi connectivity index (χ3v) is 5.05. The summed E-state index contributed by atoms with van der Waals surface area (Å²) in [5, 5.41) is 2.05. The Morgan fingerprint density at radius 1 is 1.05 bits per heavy atom. The van der Waals surface area contributed by atoms with Crippen LogP contribution in [0.4, 0.5) is 0 Å². The molecule has 0 atom stereocenters. The van der Waals surface area contributed by atoms with Crippen LogP contribution in [0.25, 0.3) is 10.9 Å².